The van der Waals surface area contributed by atoms with E-state index in [1.807, 2.05) is 0 Å². The summed E-state index contributed by atoms with van der Waals surface area (Å²) >= 11 is 0. The maximum absolute atomic E-state index is 4.56. The number of likely N-dealkylation sites (tertiary alicyclic amines) is 1. The van der Waals surface area contributed by atoms with E-state index in [4.69, 9.17) is 0 Å². The van der Waals surface area contributed by atoms with Gasteiger partial charge in [-0.05, 0) is 45.3 Å². The maximum atomic E-state index is 4.56. The number of guanidine groups is 1. The van der Waals surface area contributed by atoms with E-state index in [1.165, 1.54) is 32.4 Å². The van der Waals surface area contributed by atoms with Crippen molar-refractivity contribution in [2.24, 2.45) is 16.3 Å². The van der Waals surface area contributed by atoms with E-state index in [0.717, 1.165) is 31.5 Å². The quantitative estimate of drug-likeness (QED) is 0.795. The van der Waals surface area contributed by atoms with E-state index in [1.54, 1.807) is 0 Å². The van der Waals surface area contributed by atoms with Gasteiger partial charge < -0.3 is 15.5 Å². The second-order valence-electron chi connectivity index (χ2n) is 6.64. The summed E-state index contributed by atoms with van der Waals surface area (Å²) in [6.45, 7) is 10.0. The molecule has 104 valence electrons. The molecule has 4 nitrogen and oxygen atoms in total. The van der Waals surface area contributed by atoms with Gasteiger partial charge in [-0.25, -0.2) is 0 Å². The highest BCUT2D eigenvalue weighted by atomic mass is 15.2. The minimum atomic E-state index is 0.305. The summed E-state index contributed by atoms with van der Waals surface area (Å²) in [6.07, 6.45) is 3.98. The van der Waals surface area contributed by atoms with Gasteiger partial charge in [0.25, 0.3) is 0 Å². The zero-order valence-corrected chi connectivity index (χ0v) is 12.1. The van der Waals surface area contributed by atoms with Crippen LogP contribution in [0.5, 0.6) is 0 Å². The lowest BCUT2D eigenvalue weighted by molar-refractivity contribution is 0.213. The largest absolute Gasteiger partial charge is 0.356 e. The fourth-order valence-electron chi connectivity index (χ4n) is 2.59. The minimum Gasteiger partial charge on any atom is -0.356 e. The molecule has 0 spiro atoms. The number of hydrogen-bond donors (Lipinski definition) is 2. The van der Waals surface area contributed by atoms with Crippen LogP contribution in [0.15, 0.2) is 4.99 Å². The summed E-state index contributed by atoms with van der Waals surface area (Å²) in [5, 5.41) is 6.83. The van der Waals surface area contributed by atoms with Gasteiger partial charge in [-0.15, -0.1) is 0 Å². The number of nitrogens with one attached hydrogen (secondary N) is 2. The molecule has 2 N–H and O–H groups in total. The molecule has 1 fully saturated rings. The number of aliphatic imine (C=N–C) groups is 1. The van der Waals surface area contributed by atoms with Crippen LogP contribution in [0, 0.1) is 11.3 Å². The summed E-state index contributed by atoms with van der Waals surface area (Å²) < 4.78 is 0. The van der Waals surface area contributed by atoms with Crippen LogP contribution in [-0.2, 0) is 0 Å². The van der Waals surface area contributed by atoms with Crippen LogP contribution in [0.4, 0.5) is 0 Å². The molecular weight excluding hydrogens is 224 g/mol. The van der Waals surface area contributed by atoms with Gasteiger partial charge in [0.1, 0.15) is 0 Å². The van der Waals surface area contributed by atoms with Crippen molar-refractivity contribution in [3.05, 3.63) is 0 Å². The Morgan fingerprint density at radius 2 is 2.11 bits per heavy atom. The molecule has 4 heteroatoms. The third-order valence-corrected chi connectivity index (χ3v) is 4.08. The summed E-state index contributed by atoms with van der Waals surface area (Å²) in [6, 6.07) is 0. The van der Waals surface area contributed by atoms with Gasteiger partial charge in [0.05, 0.1) is 0 Å². The Morgan fingerprint density at radius 3 is 2.72 bits per heavy atom. The lowest BCUT2D eigenvalue weighted by atomic mass is 9.93. The molecule has 0 bridgehead atoms. The second kappa shape index (κ2) is 5.91. The highest BCUT2D eigenvalue weighted by Crippen LogP contribution is 2.19. The highest BCUT2D eigenvalue weighted by Gasteiger charge is 2.22. The van der Waals surface area contributed by atoms with Crippen molar-refractivity contribution in [2.45, 2.75) is 33.1 Å². The summed E-state index contributed by atoms with van der Waals surface area (Å²) in [5.74, 6) is 1.90. The number of nitrogens with zero attached hydrogens (tertiary/aromatic N) is 2. The van der Waals surface area contributed by atoms with Crippen LogP contribution < -0.4 is 10.6 Å². The van der Waals surface area contributed by atoms with Gasteiger partial charge in [-0.3, -0.25) is 4.99 Å². The van der Waals surface area contributed by atoms with Crippen LogP contribution in [0.2, 0.25) is 0 Å². The first-order valence-electron chi connectivity index (χ1n) is 7.26. The minimum absolute atomic E-state index is 0.305. The van der Waals surface area contributed by atoms with Crippen molar-refractivity contribution >= 4 is 5.96 Å². The number of rotatable bonds is 3. The Hall–Kier alpha value is -0.770. The van der Waals surface area contributed by atoms with Crippen molar-refractivity contribution in [1.82, 2.24) is 15.5 Å². The van der Waals surface area contributed by atoms with Crippen molar-refractivity contribution in [3.8, 4) is 0 Å². The fraction of sp³-hybridized carbons (Fsp3) is 0.929. The predicted octanol–water partition coefficient (Wildman–Crippen LogP) is 1.29. The number of piperidine rings is 1. The third-order valence-electron chi connectivity index (χ3n) is 4.08. The molecule has 0 saturated carbocycles. The third kappa shape index (κ3) is 4.16. The Bertz CT molecular complexity index is 290. The van der Waals surface area contributed by atoms with Crippen LogP contribution in [0.25, 0.3) is 0 Å². The normalized spacial score (nSPS) is 25.4. The molecule has 0 aromatic carbocycles. The summed E-state index contributed by atoms with van der Waals surface area (Å²) in [4.78, 5) is 6.99. The summed E-state index contributed by atoms with van der Waals surface area (Å²) in [7, 11) is 2.22. The maximum Gasteiger partial charge on any atom is 0.191 e. The van der Waals surface area contributed by atoms with Gasteiger partial charge in [0, 0.05) is 25.0 Å². The van der Waals surface area contributed by atoms with E-state index < -0.39 is 0 Å². The lowest BCUT2D eigenvalue weighted by Crippen LogP contribution is -2.47. The number of hydrogen-bond acceptors (Lipinski definition) is 4. The van der Waals surface area contributed by atoms with Gasteiger partial charge in [-0.1, -0.05) is 13.8 Å². The average Bonchev–Trinajstić information content (AvgIpc) is 2.34. The van der Waals surface area contributed by atoms with Crippen LogP contribution in [0.1, 0.15) is 33.1 Å². The topological polar surface area (TPSA) is 39.7 Å². The van der Waals surface area contributed by atoms with E-state index in [9.17, 15) is 0 Å². The zero-order chi connectivity index (χ0) is 13.0. The molecule has 2 heterocycles. The molecule has 0 aromatic rings. The van der Waals surface area contributed by atoms with Crippen LogP contribution in [0.3, 0.4) is 0 Å². The first-order chi connectivity index (χ1) is 8.55. The van der Waals surface area contributed by atoms with E-state index in [2.05, 4.69) is 41.4 Å². The first kappa shape index (κ1) is 13.7. The monoisotopic (exact) mass is 252 g/mol. The average molecular weight is 252 g/mol. The highest BCUT2D eigenvalue weighted by molar-refractivity contribution is 5.80. The van der Waals surface area contributed by atoms with Gasteiger partial charge >= 0.3 is 0 Å². The summed E-state index contributed by atoms with van der Waals surface area (Å²) in [5.41, 5.74) is 0.305. The van der Waals surface area contributed by atoms with E-state index in [-0.39, 0.29) is 0 Å². The Labute approximate surface area is 111 Å². The molecular formula is C14H28N4. The molecule has 0 radical (unpaired) electrons. The second-order valence-corrected chi connectivity index (χ2v) is 6.64. The van der Waals surface area contributed by atoms with Crippen molar-refractivity contribution in [3.63, 3.8) is 0 Å². The van der Waals surface area contributed by atoms with Crippen molar-refractivity contribution < 1.29 is 0 Å². The van der Waals surface area contributed by atoms with Crippen LogP contribution in [-0.4, -0.2) is 50.6 Å². The SMILES string of the molecule is CN1CCC(CCNC2=NCC(C)(C)CN2)CC1. The van der Waals surface area contributed by atoms with Gasteiger partial charge in [-0.2, -0.15) is 0 Å². The lowest BCUT2D eigenvalue weighted by Gasteiger charge is -2.31. The van der Waals surface area contributed by atoms with Gasteiger partial charge in [0.15, 0.2) is 5.96 Å². The van der Waals surface area contributed by atoms with Gasteiger partial charge in [0.2, 0.25) is 0 Å². The van der Waals surface area contributed by atoms with Crippen LogP contribution >= 0.6 is 0 Å². The molecule has 0 aromatic heterocycles. The molecule has 0 atom stereocenters. The molecule has 0 aliphatic carbocycles. The predicted molar refractivity (Wildman–Crippen MR) is 76.9 cm³/mol. The molecule has 2 aliphatic heterocycles. The Balaban J connectivity index is 1.63. The molecule has 2 aliphatic rings. The molecule has 1 saturated heterocycles. The standard InChI is InChI=1S/C14H28N4/c1-14(2)10-16-13(17-11-14)15-7-4-12-5-8-18(3)9-6-12/h12H,4-11H2,1-3H3,(H2,15,16,17). The molecule has 0 unspecified atom stereocenters. The van der Waals surface area contributed by atoms with E-state index in [0.29, 0.717) is 5.41 Å². The molecule has 2 rings (SSSR count). The molecule has 0 amide bonds. The fourth-order valence-corrected chi connectivity index (χ4v) is 2.59. The Kier molecular flexibility index (Phi) is 4.49. The van der Waals surface area contributed by atoms with Crippen molar-refractivity contribution in [1.29, 1.82) is 0 Å². The van der Waals surface area contributed by atoms with Crippen molar-refractivity contribution in [2.75, 3.05) is 39.8 Å². The van der Waals surface area contributed by atoms with E-state index >= 15 is 0 Å². The smallest absolute Gasteiger partial charge is 0.191 e. The molecule has 18 heavy (non-hydrogen) atoms. The zero-order valence-electron chi connectivity index (χ0n) is 12.1. The first-order valence-corrected chi connectivity index (χ1v) is 7.26. The Morgan fingerprint density at radius 1 is 1.39 bits per heavy atom.